The maximum absolute atomic E-state index is 12.9. The molecule has 2 heterocycles. The molecule has 0 atom stereocenters. The molecular weight excluding hydrogens is 402 g/mol. The summed E-state index contributed by atoms with van der Waals surface area (Å²) in [6.45, 7) is 4.37. The molecule has 4 rings (SSSR count). The molecule has 0 spiro atoms. The van der Waals surface area contributed by atoms with Gasteiger partial charge in [-0.1, -0.05) is 29.8 Å². The molecule has 1 aliphatic rings. The zero-order valence-corrected chi connectivity index (χ0v) is 17.2. The van der Waals surface area contributed by atoms with E-state index in [0.717, 1.165) is 22.5 Å². The molecule has 0 N–H and O–H groups in total. The quantitative estimate of drug-likeness (QED) is 0.339. The Morgan fingerprint density at radius 3 is 2.77 bits per heavy atom. The number of carbonyl (C=O) groups is 1. The zero-order valence-electron chi connectivity index (χ0n) is 16.5. The van der Waals surface area contributed by atoms with Gasteiger partial charge in [0.2, 0.25) is 12.6 Å². The number of aromatic nitrogens is 2. The summed E-state index contributed by atoms with van der Waals surface area (Å²) in [5, 5.41) is 14.9. The molecule has 3 aromatic rings. The van der Waals surface area contributed by atoms with Gasteiger partial charge in [-0.3, -0.25) is 9.48 Å². The number of ketones is 1. The van der Waals surface area contributed by atoms with Gasteiger partial charge >= 0.3 is 0 Å². The molecule has 30 heavy (non-hydrogen) atoms. The number of nitrogens with zero attached hydrogens (tertiary/aromatic N) is 3. The molecule has 0 saturated heterocycles. The monoisotopic (exact) mass is 419 g/mol. The number of hydrogen-bond acceptors (Lipinski definition) is 5. The van der Waals surface area contributed by atoms with Gasteiger partial charge in [0, 0.05) is 21.8 Å². The Morgan fingerprint density at radius 2 is 2.00 bits per heavy atom. The Morgan fingerprint density at radius 1 is 1.23 bits per heavy atom. The van der Waals surface area contributed by atoms with Crippen LogP contribution in [0.4, 0.5) is 0 Å². The molecule has 2 aromatic carbocycles. The van der Waals surface area contributed by atoms with Crippen LogP contribution in [0.25, 0.3) is 6.08 Å². The molecule has 0 bridgehead atoms. The van der Waals surface area contributed by atoms with Crippen LogP contribution in [0.2, 0.25) is 5.02 Å². The first-order chi connectivity index (χ1) is 14.5. The van der Waals surface area contributed by atoms with Crippen molar-refractivity contribution in [1.29, 1.82) is 5.26 Å². The highest BCUT2D eigenvalue weighted by molar-refractivity contribution is 6.31. The van der Waals surface area contributed by atoms with E-state index in [9.17, 15) is 10.1 Å². The van der Waals surface area contributed by atoms with Crippen LogP contribution in [0.15, 0.2) is 48.0 Å². The van der Waals surface area contributed by atoms with Gasteiger partial charge in [0.25, 0.3) is 0 Å². The minimum absolute atomic E-state index is 0.0253. The molecule has 1 aliphatic heterocycles. The Hall–Kier alpha value is -3.56. The van der Waals surface area contributed by atoms with Gasteiger partial charge in [0.1, 0.15) is 11.6 Å². The van der Waals surface area contributed by atoms with Crippen molar-refractivity contribution >= 4 is 23.5 Å². The average Bonchev–Trinajstić information content (AvgIpc) is 3.32. The summed E-state index contributed by atoms with van der Waals surface area (Å²) in [5.41, 5.74) is 3.65. The fourth-order valence-electron chi connectivity index (χ4n) is 3.35. The van der Waals surface area contributed by atoms with Crippen LogP contribution in [-0.4, -0.2) is 22.4 Å². The van der Waals surface area contributed by atoms with E-state index in [1.54, 1.807) is 24.3 Å². The number of carbonyl (C=O) groups excluding carboxylic acids is 1. The first-order valence-corrected chi connectivity index (χ1v) is 9.69. The molecule has 0 saturated carbocycles. The Bertz CT molecular complexity index is 1220. The lowest BCUT2D eigenvalue weighted by molar-refractivity contribution is 0.103. The summed E-state index contributed by atoms with van der Waals surface area (Å²) in [7, 11) is 0. The van der Waals surface area contributed by atoms with Crippen LogP contribution in [-0.2, 0) is 6.54 Å². The van der Waals surface area contributed by atoms with Crippen LogP contribution in [0.5, 0.6) is 11.5 Å². The zero-order chi connectivity index (χ0) is 21.3. The minimum atomic E-state index is -0.381. The normalized spacial score (nSPS) is 12.7. The maximum atomic E-state index is 12.9. The molecule has 0 radical (unpaired) electrons. The summed E-state index contributed by atoms with van der Waals surface area (Å²) in [5.74, 6) is 0.702. The highest BCUT2D eigenvalue weighted by Gasteiger charge is 2.20. The smallest absolute Gasteiger partial charge is 0.231 e. The van der Waals surface area contributed by atoms with Gasteiger partial charge in [-0.2, -0.15) is 10.4 Å². The molecule has 0 aliphatic carbocycles. The Labute approximate surface area is 178 Å². The molecular formula is C23H18ClN3O3. The van der Waals surface area contributed by atoms with Gasteiger partial charge in [-0.05, 0) is 49.8 Å². The lowest BCUT2D eigenvalue weighted by Gasteiger charge is -2.07. The number of nitriles is 1. The first-order valence-electron chi connectivity index (χ1n) is 9.31. The first kappa shape index (κ1) is 19.7. The third-order valence-electron chi connectivity index (χ3n) is 5.00. The highest BCUT2D eigenvalue weighted by Crippen LogP contribution is 2.33. The van der Waals surface area contributed by atoms with Gasteiger partial charge in [-0.15, -0.1) is 0 Å². The van der Waals surface area contributed by atoms with E-state index in [0.29, 0.717) is 28.6 Å². The maximum Gasteiger partial charge on any atom is 0.231 e. The van der Waals surface area contributed by atoms with Crippen molar-refractivity contribution in [2.75, 3.05) is 6.79 Å². The van der Waals surface area contributed by atoms with Crippen molar-refractivity contribution in [3.05, 3.63) is 81.1 Å². The topological polar surface area (TPSA) is 77.1 Å². The van der Waals surface area contributed by atoms with E-state index in [-0.39, 0.29) is 18.1 Å². The number of Topliss-reactive ketones (excluding diaryl/α,β-unsaturated/α-hetero) is 1. The number of benzene rings is 2. The lowest BCUT2D eigenvalue weighted by Crippen LogP contribution is -2.05. The SMILES string of the molecule is Cc1nn(Cc2ccccc2Cl)c(C)c1/C=C(\C#N)C(=O)c1ccc2c(c1)OCO2. The Kier molecular flexibility index (Phi) is 5.30. The molecule has 0 amide bonds. The molecule has 7 heteroatoms. The number of ether oxygens (including phenoxy) is 2. The van der Waals surface area contributed by atoms with E-state index in [1.807, 2.05) is 48.9 Å². The predicted octanol–water partition coefficient (Wildman–Crippen LogP) is 4.72. The lowest BCUT2D eigenvalue weighted by atomic mass is 10.0. The van der Waals surface area contributed by atoms with Gasteiger partial charge in [0.15, 0.2) is 11.5 Å². The second-order valence-corrected chi connectivity index (χ2v) is 7.31. The van der Waals surface area contributed by atoms with Crippen LogP contribution in [0.1, 0.15) is 32.9 Å². The van der Waals surface area contributed by atoms with Crippen molar-refractivity contribution in [2.24, 2.45) is 0 Å². The van der Waals surface area contributed by atoms with Crippen molar-refractivity contribution < 1.29 is 14.3 Å². The summed E-state index contributed by atoms with van der Waals surface area (Å²) < 4.78 is 12.4. The van der Waals surface area contributed by atoms with Crippen molar-refractivity contribution in [2.45, 2.75) is 20.4 Å². The van der Waals surface area contributed by atoms with Crippen LogP contribution in [0, 0.1) is 25.2 Å². The second-order valence-electron chi connectivity index (χ2n) is 6.90. The van der Waals surface area contributed by atoms with Gasteiger partial charge in [0.05, 0.1) is 12.2 Å². The largest absolute Gasteiger partial charge is 0.454 e. The van der Waals surface area contributed by atoms with Crippen molar-refractivity contribution in [3.63, 3.8) is 0 Å². The highest BCUT2D eigenvalue weighted by atomic mass is 35.5. The van der Waals surface area contributed by atoms with E-state index in [2.05, 4.69) is 5.10 Å². The van der Waals surface area contributed by atoms with Crippen molar-refractivity contribution in [3.8, 4) is 17.6 Å². The van der Waals surface area contributed by atoms with Crippen molar-refractivity contribution in [1.82, 2.24) is 9.78 Å². The molecule has 0 fully saturated rings. The van der Waals surface area contributed by atoms with Crippen LogP contribution < -0.4 is 9.47 Å². The third-order valence-corrected chi connectivity index (χ3v) is 5.37. The van der Waals surface area contributed by atoms with E-state index < -0.39 is 0 Å². The average molecular weight is 420 g/mol. The summed E-state index contributed by atoms with van der Waals surface area (Å²) in [6.07, 6.45) is 1.59. The van der Waals surface area contributed by atoms with Gasteiger partial charge in [-0.25, -0.2) is 0 Å². The standard InChI is InChI=1S/C23H18ClN3O3/c1-14-19(15(2)27(26-14)12-17-5-3-4-6-20(17)24)9-18(11-25)23(28)16-7-8-21-22(10-16)30-13-29-21/h3-10H,12-13H2,1-2H3/b18-9+. The number of allylic oxidation sites excluding steroid dienone is 1. The number of hydrogen-bond donors (Lipinski definition) is 0. The summed E-state index contributed by atoms with van der Waals surface area (Å²) >= 11 is 6.27. The number of halogens is 1. The van der Waals surface area contributed by atoms with Crippen LogP contribution in [0.3, 0.4) is 0 Å². The predicted molar refractivity (Wildman–Crippen MR) is 113 cm³/mol. The summed E-state index contributed by atoms with van der Waals surface area (Å²) in [4.78, 5) is 12.9. The molecule has 0 unspecified atom stereocenters. The number of aryl methyl sites for hydroxylation is 1. The third kappa shape index (κ3) is 3.68. The van der Waals surface area contributed by atoms with E-state index in [4.69, 9.17) is 21.1 Å². The van der Waals surface area contributed by atoms with E-state index >= 15 is 0 Å². The van der Waals surface area contributed by atoms with Crippen LogP contribution >= 0.6 is 11.6 Å². The number of fused-ring (bicyclic) bond motifs is 1. The minimum Gasteiger partial charge on any atom is -0.454 e. The molecule has 1 aromatic heterocycles. The van der Waals surface area contributed by atoms with Gasteiger partial charge < -0.3 is 9.47 Å². The molecule has 150 valence electrons. The molecule has 6 nitrogen and oxygen atoms in total. The fourth-order valence-corrected chi connectivity index (χ4v) is 3.54. The summed E-state index contributed by atoms with van der Waals surface area (Å²) in [6, 6.07) is 14.5. The van der Waals surface area contributed by atoms with E-state index in [1.165, 1.54) is 0 Å². The fraction of sp³-hybridized carbons (Fsp3) is 0.174. The second kappa shape index (κ2) is 8.05. The Balaban J connectivity index is 1.66. The number of rotatable bonds is 5.